The zero-order chi connectivity index (χ0) is 17.6. The van der Waals surface area contributed by atoms with Crippen LogP contribution in [0.15, 0.2) is 59.5 Å². The lowest BCUT2D eigenvalue weighted by molar-refractivity contribution is -0.385. The molecule has 0 heterocycles. The second-order valence-electron chi connectivity index (χ2n) is 4.74. The Kier molecular flexibility index (Phi) is 5.61. The van der Waals surface area contributed by atoms with Gasteiger partial charge in [0.1, 0.15) is 5.56 Å². The summed E-state index contributed by atoms with van der Waals surface area (Å²) in [6.07, 6.45) is 0. The molecule has 0 saturated carbocycles. The molecule has 126 valence electrons. The summed E-state index contributed by atoms with van der Waals surface area (Å²) in [5.41, 5.74) is -0.381. The fourth-order valence-corrected chi connectivity index (χ4v) is 3.02. The number of nitrogens with zero attached hydrogens (tertiary/aromatic N) is 1. The number of carbonyl (C=O) groups excluding carboxylic acids is 1. The van der Waals surface area contributed by atoms with Gasteiger partial charge in [0.05, 0.1) is 9.82 Å². The number of benzene rings is 2. The molecule has 0 bridgehead atoms. The van der Waals surface area contributed by atoms with E-state index in [4.69, 9.17) is 0 Å². The molecule has 0 fully saturated rings. The van der Waals surface area contributed by atoms with Crippen molar-refractivity contribution in [3.8, 4) is 0 Å². The first-order valence-corrected chi connectivity index (χ1v) is 8.46. The second-order valence-corrected chi connectivity index (χ2v) is 6.51. The largest absolute Gasteiger partial charge is 0.351 e. The Bertz CT molecular complexity index is 837. The van der Waals surface area contributed by atoms with Crippen molar-refractivity contribution in [3.05, 3.63) is 70.3 Å². The highest BCUT2D eigenvalue weighted by atomic mass is 32.2. The quantitative estimate of drug-likeness (QED) is 0.444. The highest BCUT2D eigenvalue weighted by molar-refractivity contribution is 7.89. The number of nitro benzene ring substituents is 1. The van der Waals surface area contributed by atoms with Gasteiger partial charge in [0.25, 0.3) is 11.6 Å². The van der Waals surface area contributed by atoms with E-state index in [9.17, 15) is 23.3 Å². The van der Waals surface area contributed by atoms with Crippen molar-refractivity contribution in [1.29, 1.82) is 0 Å². The summed E-state index contributed by atoms with van der Waals surface area (Å²) in [7, 11) is -3.65. The van der Waals surface area contributed by atoms with Crippen molar-refractivity contribution in [1.82, 2.24) is 10.0 Å². The van der Waals surface area contributed by atoms with Crippen LogP contribution in [-0.4, -0.2) is 32.3 Å². The summed E-state index contributed by atoms with van der Waals surface area (Å²) in [6, 6.07) is 13.3. The predicted octanol–water partition coefficient (Wildman–Crippen LogP) is 1.30. The maximum atomic E-state index is 12.0. The zero-order valence-electron chi connectivity index (χ0n) is 12.5. The third-order valence-corrected chi connectivity index (χ3v) is 4.58. The minimum Gasteiger partial charge on any atom is -0.351 e. The minimum absolute atomic E-state index is 0.00303. The molecule has 0 radical (unpaired) electrons. The molecule has 2 aromatic carbocycles. The summed E-state index contributed by atoms with van der Waals surface area (Å²) in [6.45, 7) is -0.0411. The molecule has 0 aliphatic heterocycles. The molecule has 0 unspecified atom stereocenters. The van der Waals surface area contributed by atoms with E-state index >= 15 is 0 Å². The third-order valence-electron chi connectivity index (χ3n) is 3.10. The van der Waals surface area contributed by atoms with E-state index in [2.05, 4.69) is 10.0 Å². The molecule has 9 heteroatoms. The normalized spacial score (nSPS) is 11.0. The van der Waals surface area contributed by atoms with Gasteiger partial charge in [0, 0.05) is 19.2 Å². The van der Waals surface area contributed by atoms with Crippen molar-refractivity contribution >= 4 is 21.6 Å². The number of carbonyl (C=O) groups is 1. The SMILES string of the molecule is O=C(NCCNS(=O)(=O)c1ccccc1)c1ccccc1[N+](=O)[O-]. The number of hydrogen-bond donors (Lipinski definition) is 2. The van der Waals surface area contributed by atoms with Gasteiger partial charge in [-0.3, -0.25) is 14.9 Å². The highest BCUT2D eigenvalue weighted by Crippen LogP contribution is 2.17. The number of para-hydroxylation sites is 1. The van der Waals surface area contributed by atoms with Crippen LogP contribution in [0.2, 0.25) is 0 Å². The molecular weight excluding hydrogens is 334 g/mol. The van der Waals surface area contributed by atoms with Gasteiger partial charge in [-0.25, -0.2) is 13.1 Å². The van der Waals surface area contributed by atoms with Gasteiger partial charge in [0.15, 0.2) is 0 Å². The molecule has 2 aromatic rings. The Morgan fingerprint density at radius 3 is 2.29 bits per heavy atom. The maximum absolute atomic E-state index is 12.0. The Balaban J connectivity index is 1.91. The predicted molar refractivity (Wildman–Crippen MR) is 87.1 cm³/mol. The van der Waals surface area contributed by atoms with Crippen molar-refractivity contribution < 1.29 is 18.1 Å². The fourth-order valence-electron chi connectivity index (χ4n) is 1.96. The van der Waals surface area contributed by atoms with E-state index in [-0.39, 0.29) is 29.2 Å². The Morgan fingerprint density at radius 1 is 1.00 bits per heavy atom. The monoisotopic (exact) mass is 349 g/mol. The molecule has 0 saturated heterocycles. The molecule has 0 aliphatic rings. The van der Waals surface area contributed by atoms with Crippen LogP contribution in [0.25, 0.3) is 0 Å². The fraction of sp³-hybridized carbons (Fsp3) is 0.133. The lowest BCUT2D eigenvalue weighted by Gasteiger charge is -2.08. The minimum atomic E-state index is -3.65. The zero-order valence-corrected chi connectivity index (χ0v) is 13.3. The van der Waals surface area contributed by atoms with E-state index in [0.717, 1.165) is 0 Å². The molecule has 2 rings (SSSR count). The van der Waals surface area contributed by atoms with Gasteiger partial charge in [0.2, 0.25) is 10.0 Å². The molecule has 1 amide bonds. The summed E-state index contributed by atoms with van der Waals surface area (Å²) < 4.78 is 26.3. The lowest BCUT2D eigenvalue weighted by atomic mass is 10.1. The molecule has 0 aromatic heterocycles. The second kappa shape index (κ2) is 7.66. The summed E-state index contributed by atoms with van der Waals surface area (Å²) in [4.78, 5) is 22.3. The van der Waals surface area contributed by atoms with Crippen molar-refractivity contribution in [2.24, 2.45) is 0 Å². The number of rotatable bonds is 7. The molecule has 0 aliphatic carbocycles. The van der Waals surface area contributed by atoms with Crippen LogP contribution in [0.1, 0.15) is 10.4 Å². The van der Waals surface area contributed by atoms with Gasteiger partial charge >= 0.3 is 0 Å². The Morgan fingerprint density at radius 2 is 1.62 bits per heavy atom. The smallest absolute Gasteiger partial charge is 0.282 e. The van der Waals surface area contributed by atoms with E-state index < -0.39 is 20.9 Å². The first-order chi connectivity index (χ1) is 11.4. The topological polar surface area (TPSA) is 118 Å². The van der Waals surface area contributed by atoms with Crippen LogP contribution in [-0.2, 0) is 10.0 Å². The average molecular weight is 349 g/mol. The van der Waals surface area contributed by atoms with Crippen LogP contribution in [0.4, 0.5) is 5.69 Å². The van der Waals surface area contributed by atoms with Gasteiger partial charge in [-0.1, -0.05) is 30.3 Å². The number of hydrogen-bond acceptors (Lipinski definition) is 5. The van der Waals surface area contributed by atoms with Gasteiger partial charge in [-0.15, -0.1) is 0 Å². The Labute approximate surface area is 138 Å². The van der Waals surface area contributed by atoms with E-state index in [1.165, 1.54) is 36.4 Å². The van der Waals surface area contributed by atoms with Gasteiger partial charge in [-0.05, 0) is 18.2 Å². The van der Waals surface area contributed by atoms with Crippen molar-refractivity contribution in [3.63, 3.8) is 0 Å². The van der Waals surface area contributed by atoms with Crippen molar-refractivity contribution in [2.45, 2.75) is 4.90 Å². The first-order valence-electron chi connectivity index (χ1n) is 6.98. The van der Waals surface area contributed by atoms with Gasteiger partial charge in [-0.2, -0.15) is 0 Å². The summed E-state index contributed by atoms with van der Waals surface area (Å²) in [5.74, 6) is -0.638. The van der Waals surface area contributed by atoms with Crippen LogP contribution in [0.3, 0.4) is 0 Å². The summed E-state index contributed by atoms with van der Waals surface area (Å²) >= 11 is 0. The van der Waals surface area contributed by atoms with E-state index in [0.29, 0.717) is 0 Å². The van der Waals surface area contributed by atoms with Crippen LogP contribution < -0.4 is 10.0 Å². The molecule has 0 spiro atoms. The van der Waals surface area contributed by atoms with E-state index in [1.807, 2.05) is 0 Å². The number of amides is 1. The molecule has 24 heavy (non-hydrogen) atoms. The molecule has 0 atom stereocenters. The van der Waals surface area contributed by atoms with Crippen molar-refractivity contribution in [2.75, 3.05) is 13.1 Å². The molecule has 8 nitrogen and oxygen atoms in total. The number of nitro groups is 1. The third kappa shape index (κ3) is 4.37. The van der Waals surface area contributed by atoms with Gasteiger partial charge < -0.3 is 5.32 Å². The first kappa shape index (κ1) is 17.6. The number of nitrogens with one attached hydrogen (secondary N) is 2. The Hall–Kier alpha value is -2.78. The standard InChI is InChI=1S/C15H15N3O5S/c19-15(13-8-4-5-9-14(13)18(20)21)16-10-11-17-24(22,23)12-6-2-1-3-7-12/h1-9,17H,10-11H2,(H,16,19). The van der Waals surface area contributed by atoms with E-state index in [1.54, 1.807) is 18.2 Å². The van der Waals surface area contributed by atoms with Crippen LogP contribution in [0, 0.1) is 10.1 Å². The number of sulfonamides is 1. The summed E-state index contributed by atoms with van der Waals surface area (Å²) in [5, 5.41) is 13.3. The maximum Gasteiger partial charge on any atom is 0.282 e. The highest BCUT2D eigenvalue weighted by Gasteiger charge is 2.19. The average Bonchev–Trinajstić information content (AvgIpc) is 2.59. The molecule has 2 N–H and O–H groups in total. The van der Waals surface area contributed by atoms with Crippen LogP contribution in [0.5, 0.6) is 0 Å². The molecular formula is C15H15N3O5S. The van der Waals surface area contributed by atoms with Crippen LogP contribution >= 0.6 is 0 Å². The lowest BCUT2D eigenvalue weighted by Crippen LogP contribution is -2.34.